The van der Waals surface area contributed by atoms with Gasteiger partial charge in [0, 0.05) is 29.7 Å². The third-order valence-electron chi connectivity index (χ3n) is 3.95. The van der Waals surface area contributed by atoms with Crippen LogP contribution in [0.3, 0.4) is 0 Å². The average molecular weight is 272 g/mol. The number of hydrogen-bond acceptors (Lipinski definition) is 2. The number of carbonyl (C=O) groups excluding carboxylic acids is 1. The number of benzene rings is 1. The minimum absolute atomic E-state index is 0.136. The number of aromatic amines is 1. The third-order valence-corrected chi connectivity index (χ3v) is 3.95. The first-order valence-corrected chi connectivity index (χ1v) is 7.10. The first kappa shape index (κ1) is 13.2. The van der Waals surface area contributed by atoms with Gasteiger partial charge in [-0.25, -0.2) is 0 Å². The second-order valence-corrected chi connectivity index (χ2v) is 5.47. The summed E-state index contributed by atoms with van der Waals surface area (Å²) >= 11 is 0. The van der Waals surface area contributed by atoms with Crippen LogP contribution in [0, 0.1) is 6.92 Å². The number of ether oxygens (including phenoxy) is 1. The van der Waals surface area contributed by atoms with E-state index in [2.05, 4.69) is 11.1 Å². The Hall–Kier alpha value is -1.81. The summed E-state index contributed by atoms with van der Waals surface area (Å²) in [4.78, 5) is 17.7. The van der Waals surface area contributed by atoms with Gasteiger partial charge in [0.15, 0.2) is 0 Å². The van der Waals surface area contributed by atoms with Gasteiger partial charge in [-0.15, -0.1) is 0 Å². The topological polar surface area (TPSA) is 45.3 Å². The summed E-state index contributed by atoms with van der Waals surface area (Å²) in [6, 6.07) is 8.14. The number of nitrogens with zero attached hydrogens (tertiary/aromatic N) is 1. The molecule has 1 amide bonds. The molecule has 0 saturated carbocycles. The van der Waals surface area contributed by atoms with Crippen molar-refractivity contribution in [3.05, 3.63) is 35.5 Å². The molecule has 1 aliphatic rings. The van der Waals surface area contributed by atoms with Gasteiger partial charge < -0.3 is 14.6 Å². The molecule has 106 valence electrons. The molecule has 3 rings (SSSR count). The molecule has 1 aromatic carbocycles. The van der Waals surface area contributed by atoms with Gasteiger partial charge >= 0.3 is 0 Å². The smallest absolute Gasteiger partial charge is 0.227 e. The predicted molar refractivity (Wildman–Crippen MR) is 78.7 cm³/mol. The summed E-state index contributed by atoms with van der Waals surface area (Å²) in [5, 5.41) is 1.15. The van der Waals surface area contributed by atoms with E-state index in [1.165, 1.54) is 0 Å². The average Bonchev–Trinajstić information content (AvgIpc) is 2.75. The normalized spacial score (nSPS) is 19.5. The zero-order valence-corrected chi connectivity index (χ0v) is 12.0. The van der Waals surface area contributed by atoms with Crippen LogP contribution in [0.25, 0.3) is 10.9 Å². The Balaban J connectivity index is 1.82. The van der Waals surface area contributed by atoms with Gasteiger partial charge in [-0.1, -0.05) is 18.2 Å². The molecule has 0 bridgehead atoms. The third kappa shape index (κ3) is 2.43. The largest absolute Gasteiger partial charge is 0.375 e. The molecular weight excluding hydrogens is 252 g/mol. The molecule has 1 aliphatic heterocycles. The zero-order chi connectivity index (χ0) is 14.1. The van der Waals surface area contributed by atoms with Crippen LogP contribution in [-0.2, 0) is 16.0 Å². The molecule has 1 aromatic heterocycles. The number of para-hydroxylation sites is 1. The lowest BCUT2D eigenvalue weighted by Gasteiger charge is -2.31. The van der Waals surface area contributed by atoms with Crippen LogP contribution in [0.4, 0.5) is 0 Å². The van der Waals surface area contributed by atoms with E-state index in [4.69, 9.17) is 4.74 Å². The van der Waals surface area contributed by atoms with Crippen molar-refractivity contribution >= 4 is 16.8 Å². The van der Waals surface area contributed by atoms with E-state index >= 15 is 0 Å². The van der Waals surface area contributed by atoms with Crippen LogP contribution in [0.15, 0.2) is 24.3 Å². The van der Waals surface area contributed by atoms with Gasteiger partial charge in [0.2, 0.25) is 5.91 Å². The molecule has 1 saturated heterocycles. The van der Waals surface area contributed by atoms with Crippen molar-refractivity contribution in [2.75, 3.05) is 19.7 Å². The van der Waals surface area contributed by atoms with Gasteiger partial charge in [0.05, 0.1) is 19.1 Å². The van der Waals surface area contributed by atoms with Gasteiger partial charge in [-0.2, -0.15) is 0 Å². The first-order valence-electron chi connectivity index (χ1n) is 7.10. The number of H-pyrrole nitrogens is 1. The number of morpholine rings is 1. The van der Waals surface area contributed by atoms with Crippen molar-refractivity contribution in [1.29, 1.82) is 0 Å². The number of fused-ring (bicyclic) bond motifs is 1. The Labute approximate surface area is 118 Å². The number of carbonyl (C=O) groups is 1. The van der Waals surface area contributed by atoms with Gasteiger partial charge in [-0.3, -0.25) is 4.79 Å². The molecule has 1 fully saturated rings. The summed E-state index contributed by atoms with van der Waals surface area (Å²) in [6.45, 7) is 6.07. The maximum Gasteiger partial charge on any atom is 0.227 e. The fraction of sp³-hybridized carbons (Fsp3) is 0.438. The zero-order valence-electron chi connectivity index (χ0n) is 12.0. The molecule has 20 heavy (non-hydrogen) atoms. The minimum Gasteiger partial charge on any atom is -0.375 e. The van der Waals surface area contributed by atoms with Gasteiger partial charge in [0.1, 0.15) is 0 Å². The van der Waals surface area contributed by atoms with Crippen LogP contribution in [-0.4, -0.2) is 41.6 Å². The Morgan fingerprint density at radius 1 is 1.45 bits per heavy atom. The summed E-state index contributed by atoms with van der Waals surface area (Å²) in [5.41, 5.74) is 3.30. The van der Waals surface area contributed by atoms with Crippen LogP contribution >= 0.6 is 0 Å². The Morgan fingerprint density at radius 2 is 2.25 bits per heavy atom. The SMILES string of the molecule is Cc1[nH]c2ccccc2c1CC(=O)N1CCOC(C)C1. The second-order valence-electron chi connectivity index (χ2n) is 5.47. The maximum atomic E-state index is 12.5. The highest BCUT2D eigenvalue weighted by Gasteiger charge is 2.22. The molecular formula is C16H20N2O2. The van der Waals surface area contributed by atoms with Crippen LogP contribution in [0.2, 0.25) is 0 Å². The monoisotopic (exact) mass is 272 g/mol. The van der Waals surface area contributed by atoms with E-state index in [1.54, 1.807) is 0 Å². The van der Waals surface area contributed by atoms with E-state index in [9.17, 15) is 4.79 Å². The lowest BCUT2D eigenvalue weighted by Crippen LogP contribution is -2.45. The summed E-state index contributed by atoms with van der Waals surface area (Å²) in [7, 11) is 0. The Kier molecular flexibility index (Phi) is 3.49. The van der Waals surface area contributed by atoms with E-state index < -0.39 is 0 Å². The highest BCUT2D eigenvalue weighted by atomic mass is 16.5. The lowest BCUT2D eigenvalue weighted by atomic mass is 10.1. The van der Waals surface area contributed by atoms with E-state index in [0.717, 1.165) is 22.2 Å². The van der Waals surface area contributed by atoms with Crippen molar-refractivity contribution in [3.8, 4) is 0 Å². The van der Waals surface area contributed by atoms with Gasteiger partial charge in [-0.05, 0) is 25.5 Å². The molecule has 1 atom stereocenters. The number of nitrogens with one attached hydrogen (secondary N) is 1. The molecule has 4 heteroatoms. The standard InChI is InChI=1S/C16H20N2O2/c1-11-10-18(7-8-20-11)16(19)9-14-12(2)17-15-6-4-3-5-13(14)15/h3-6,11,17H,7-10H2,1-2H3. The quantitative estimate of drug-likeness (QED) is 0.911. The maximum absolute atomic E-state index is 12.5. The molecule has 1 unspecified atom stereocenters. The number of aromatic nitrogens is 1. The van der Waals surface area contributed by atoms with E-state index in [-0.39, 0.29) is 12.0 Å². The Bertz CT molecular complexity index is 632. The molecule has 0 aliphatic carbocycles. The van der Waals surface area contributed by atoms with Gasteiger partial charge in [0.25, 0.3) is 0 Å². The fourth-order valence-electron chi connectivity index (χ4n) is 2.87. The van der Waals surface area contributed by atoms with E-state index in [1.807, 2.05) is 36.9 Å². The summed E-state index contributed by atoms with van der Waals surface area (Å²) in [5.74, 6) is 0.188. The van der Waals surface area contributed by atoms with Crippen LogP contribution < -0.4 is 0 Å². The first-order chi connectivity index (χ1) is 9.65. The number of hydrogen-bond donors (Lipinski definition) is 1. The summed E-state index contributed by atoms with van der Waals surface area (Å²) in [6.07, 6.45) is 0.597. The molecule has 0 radical (unpaired) electrons. The molecule has 4 nitrogen and oxygen atoms in total. The van der Waals surface area contributed by atoms with Crippen LogP contribution in [0.5, 0.6) is 0 Å². The summed E-state index contributed by atoms with van der Waals surface area (Å²) < 4.78 is 5.49. The van der Waals surface area contributed by atoms with Crippen molar-refractivity contribution in [2.24, 2.45) is 0 Å². The number of amides is 1. The number of aryl methyl sites for hydroxylation is 1. The van der Waals surface area contributed by atoms with Crippen LogP contribution in [0.1, 0.15) is 18.2 Å². The highest BCUT2D eigenvalue weighted by molar-refractivity contribution is 5.90. The van der Waals surface area contributed by atoms with Crippen molar-refractivity contribution in [3.63, 3.8) is 0 Å². The molecule has 2 heterocycles. The molecule has 2 aromatic rings. The second kappa shape index (κ2) is 5.29. The van der Waals surface area contributed by atoms with Crippen molar-refractivity contribution < 1.29 is 9.53 Å². The van der Waals surface area contributed by atoms with Crippen molar-refractivity contribution in [1.82, 2.24) is 9.88 Å². The molecule has 0 spiro atoms. The van der Waals surface area contributed by atoms with E-state index in [0.29, 0.717) is 26.1 Å². The minimum atomic E-state index is 0.136. The highest BCUT2D eigenvalue weighted by Crippen LogP contribution is 2.23. The predicted octanol–water partition coefficient (Wildman–Crippen LogP) is 2.27. The Morgan fingerprint density at radius 3 is 3.05 bits per heavy atom. The number of rotatable bonds is 2. The molecule has 1 N–H and O–H groups in total. The van der Waals surface area contributed by atoms with Crippen molar-refractivity contribution in [2.45, 2.75) is 26.4 Å². The fourth-order valence-corrected chi connectivity index (χ4v) is 2.87. The lowest BCUT2D eigenvalue weighted by molar-refractivity contribution is -0.137.